The lowest BCUT2D eigenvalue weighted by atomic mass is 9.97. The van der Waals surface area contributed by atoms with Crippen LogP contribution in [0.4, 0.5) is 10.1 Å². The van der Waals surface area contributed by atoms with Gasteiger partial charge in [-0.25, -0.2) is 12.8 Å². The molecule has 0 aromatic heterocycles. The van der Waals surface area contributed by atoms with Crippen molar-refractivity contribution in [3.05, 3.63) is 53.8 Å². The molecule has 1 heterocycles. The SMILES string of the molecule is COc1ccc(S(=O)(=O)N2CCC(C(=O)Nc3ccc(F)cc3)CC2)cc1C. The zero-order valence-electron chi connectivity index (χ0n) is 15.8. The van der Waals surface area contributed by atoms with Gasteiger partial charge in [-0.1, -0.05) is 0 Å². The number of rotatable bonds is 5. The minimum absolute atomic E-state index is 0.177. The Labute approximate surface area is 164 Å². The van der Waals surface area contributed by atoms with Gasteiger partial charge in [0.2, 0.25) is 15.9 Å². The monoisotopic (exact) mass is 406 g/mol. The smallest absolute Gasteiger partial charge is 0.243 e. The van der Waals surface area contributed by atoms with E-state index in [0.717, 1.165) is 5.56 Å². The molecule has 0 bridgehead atoms. The Morgan fingerprint density at radius 3 is 2.36 bits per heavy atom. The molecule has 3 rings (SSSR count). The van der Waals surface area contributed by atoms with Gasteiger partial charge in [-0.15, -0.1) is 0 Å². The highest BCUT2D eigenvalue weighted by Crippen LogP contribution is 2.27. The van der Waals surface area contributed by atoms with E-state index in [4.69, 9.17) is 4.74 Å². The highest BCUT2D eigenvalue weighted by Gasteiger charge is 2.32. The van der Waals surface area contributed by atoms with Gasteiger partial charge in [0, 0.05) is 24.7 Å². The van der Waals surface area contributed by atoms with Gasteiger partial charge in [0.1, 0.15) is 11.6 Å². The largest absolute Gasteiger partial charge is 0.496 e. The van der Waals surface area contributed by atoms with E-state index >= 15 is 0 Å². The van der Waals surface area contributed by atoms with Crippen molar-refractivity contribution in [3.63, 3.8) is 0 Å². The van der Waals surface area contributed by atoms with Gasteiger partial charge in [0.15, 0.2) is 0 Å². The zero-order valence-corrected chi connectivity index (χ0v) is 16.6. The standard InChI is InChI=1S/C20H23FN2O4S/c1-14-13-18(7-8-19(14)27-2)28(25,26)23-11-9-15(10-12-23)20(24)22-17-5-3-16(21)4-6-17/h3-8,13,15H,9-12H2,1-2H3,(H,22,24). The van der Waals surface area contributed by atoms with Gasteiger partial charge >= 0.3 is 0 Å². The number of carbonyl (C=O) groups is 1. The number of amides is 1. The van der Waals surface area contributed by atoms with Crippen LogP contribution in [-0.4, -0.2) is 38.8 Å². The maximum absolute atomic E-state index is 13.0. The van der Waals surface area contributed by atoms with E-state index in [0.29, 0.717) is 24.3 Å². The molecule has 0 atom stereocenters. The first-order valence-corrected chi connectivity index (χ1v) is 10.5. The number of piperidine rings is 1. The molecule has 1 amide bonds. The second-order valence-corrected chi connectivity index (χ2v) is 8.74. The summed E-state index contributed by atoms with van der Waals surface area (Å²) < 4.78 is 45.3. The summed E-state index contributed by atoms with van der Waals surface area (Å²) >= 11 is 0. The third kappa shape index (κ3) is 4.34. The fourth-order valence-corrected chi connectivity index (χ4v) is 4.85. The average molecular weight is 406 g/mol. The highest BCUT2D eigenvalue weighted by atomic mass is 32.2. The van der Waals surface area contributed by atoms with Crippen LogP contribution in [-0.2, 0) is 14.8 Å². The van der Waals surface area contributed by atoms with Crippen molar-refractivity contribution in [3.8, 4) is 5.75 Å². The fourth-order valence-electron chi connectivity index (χ4n) is 3.30. The van der Waals surface area contributed by atoms with E-state index < -0.39 is 10.0 Å². The quantitative estimate of drug-likeness (QED) is 0.828. The Bertz CT molecular complexity index is 953. The molecule has 6 nitrogen and oxygen atoms in total. The summed E-state index contributed by atoms with van der Waals surface area (Å²) in [5, 5.41) is 2.76. The highest BCUT2D eigenvalue weighted by molar-refractivity contribution is 7.89. The van der Waals surface area contributed by atoms with Gasteiger partial charge in [0.25, 0.3) is 0 Å². The number of benzene rings is 2. The predicted octanol–water partition coefficient (Wildman–Crippen LogP) is 3.18. The summed E-state index contributed by atoms with van der Waals surface area (Å²) in [4.78, 5) is 12.6. The predicted molar refractivity (Wildman–Crippen MR) is 104 cm³/mol. The second-order valence-electron chi connectivity index (χ2n) is 6.81. The van der Waals surface area contributed by atoms with Gasteiger partial charge in [-0.3, -0.25) is 4.79 Å². The fraction of sp³-hybridized carbons (Fsp3) is 0.350. The molecule has 2 aromatic carbocycles. The molecular weight excluding hydrogens is 383 g/mol. The lowest BCUT2D eigenvalue weighted by Gasteiger charge is -2.30. The molecule has 0 aliphatic carbocycles. The molecule has 8 heteroatoms. The van der Waals surface area contributed by atoms with Gasteiger partial charge in [-0.2, -0.15) is 4.31 Å². The molecule has 0 unspecified atom stereocenters. The number of methoxy groups -OCH3 is 1. The normalized spacial score (nSPS) is 16.0. The van der Waals surface area contributed by atoms with Gasteiger partial charge in [-0.05, 0) is 67.8 Å². The van der Waals surface area contributed by atoms with Gasteiger partial charge < -0.3 is 10.1 Å². The van der Waals surface area contributed by atoms with E-state index in [-0.39, 0.29) is 35.6 Å². The summed E-state index contributed by atoms with van der Waals surface area (Å²) in [5.41, 5.74) is 1.27. The Kier molecular flexibility index (Phi) is 6.00. The van der Waals surface area contributed by atoms with Crippen molar-refractivity contribution in [2.75, 3.05) is 25.5 Å². The topological polar surface area (TPSA) is 75.7 Å². The lowest BCUT2D eigenvalue weighted by Crippen LogP contribution is -2.41. The van der Waals surface area contributed by atoms with E-state index in [9.17, 15) is 17.6 Å². The molecule has 0 radical (unpaired) electrons. The number of halogens is 1. The molecule has 1 aliphatic heterocycles. The Balaban J connectivity index is 1.63. The minimum Gasteiger partial charge on any atom is -0.496 e. The summed E-state index contributed by atoms with van der Waals surface area (Å²) in [5.74, 6) is -0.196. The zero-order chi connectivity index (χ0) is 20.3. The van der Waals surface area contributed by atoms with Crippen LogP contribution in [0.1, 0.15) is 18.4 Å². The number of anilines is 1. The summed E-state index contributed by atoms with van der Waals surface area (Å²) in [6.45, 7) is 2.34. The maximum Gasteiger partial charge on any atom is 0.243 e. The summed E-state index contributed by atoms with van der Waals surface area (Å²) in [6, 6.07) is 10.3. The Morgan fingerprint density at radius 1 is 1.14 bits per heavy atom. The molecular formula is C20H23FN2O4S. The first-order valence-electron chi connectivity index (χ1n) is 9.02. The van der Waals surface area contributed by atoms with E-state index in [1.807, 2.05) is 0 Å². The van der Waals surface area contributed by atoms with Crippen LogP contribution >= 0.6 is 0 Å². The van der Waals surface area contributed by atoms with Crippen molar-refractivity contribution in [1.82, 2.24) is 4.31 Å². The molecule has 28 heavy (non-hydrogen) atoms. The minimum atomic E-state index is -3.62. The number of hydrogen-bond donors (Lipinski definition) is 1. The summed E-state index contributed by atoms with van der Waals surface area (Å²) in [7, 11) is -2.08. The van der Waals surface area contributed by atoms with Crippen molar-refractivity contribution in [2.45, 2.75) is 24.7 Å². The Hall–Kier alpha value is -2.45. The number of aryl methyl sites for hydroxylation is 1. The van der Waals surface area contributed by atoms with Crippen LogP contribution in [0.25, 0.3) is 0 Å². The van der Waals surface area contributed by atoms with Crippen LogP contribution in [0.3, 0.4) is 0 Å². The van der Waals surface area contributed by atoms with E-state index in [1.54, 1.807) is 19.1 Å². The first-order chi connectivity index (χ1) is 13.3. The lowest BCUT2D eigenvalue weighted by molar-refractivity contribution is -0.120. The number of nitrogens with zero attached hydrogens (tertiary/aromatic N) is 1. The number of hydrogen-bond acceptors (Lipinski definition) is 4. The molecule has 0 saturated carbocycles. The maximum atomic E-state index is 13.0. The number of nitrogens with one attached hydrogen (secondary N) is 1. The van der Waals surface area contributed by atoms with Crippen LogP contribution in [0.2, 0.25) is 0 Å². The number of sulfonamides is 1. The van der Waals surface area contributed by atoms with Crippen molar-refractivity contribution < 1.29 is 22.3 Å². The van der Waals surface area contributed by atoms with Crippen LogP contribution in [0.5, 0.6) is 5.75 Å². The summed E-state index contributed by atoms with van der Waals surface area (Å²) in [6.07, 6.45) is 0.864. The molecule has 2 aromatic rings. The molecule has 1 aliphatic rings. The Morgan fingerprint density at radius 2 is 1.79 bits per heavy atom. The molecule has 1 N–H and O–H groups in total. The third-order valence-electron chi connectivity index (χ3n) is 4.94. The third-order valence-corrected chi connectivity index (χ3v) is 6.84. The van der Waals surface area contributed by atoms with Crippen LogP contribution in [0.15, 0.2) is 47.4 Å². The van der Waals surface area contributed by atoms with E-state index in [2.05, 4.69) is 5.32 Å². The second kappa shape index (κ2) is 8.28. The molecule has 150 valence electrons. The number of ether oxygens (including phenoxy) is 1. The van der Waals surface area contributed by atoms with E-state index in [1.165, 1.54) is 41.7 Å². The van der Waals surface area contributed by atoms with Crippen LogP contribution in [0, 0.1) is 18.7 Å². The first kappa shape index (κ1) is 20.3. The van der Waals surface area contributed by atoms with Crippen molar-refractivity contribution in [2.24, 2.45) is 5.92 Å². The van der Waals surface area contributed by atoms with Crippen molar-refractivity contribution in [1.29, 1.82) is 0 Å². The average Bonchev–Trinajstić information content (AvgIpc) is 2.69. The van der Waals surface area contributed by atoms with Crippen molar-refractivity contribution >= 4 is 21.6 Å². The molecule has 0 spiro atoms. The van der Waals surface area contributed by atoms with Gasteiger partial charge in [0.05, 0.1) is 12.0 Å². The number of carbonyl (C=O) groups excluding carboxylic acids is 1. The molecule has 1 fully saturated rings. The molecule has 1 saturated heterocycles. The van der Waals surface area contributed by atoms with Crippen LogP contribution < -0.4 is 10.1 Å².